The molecule has 3 rings (SSSR count). The Kier molecular flexibility index (Phi) is 3.82. The van der Waals surface area contributed by atoms with Crippen molar-refractivity contribution in [3.63, 3.8) is 0 Å². The molecule has 112 valence electrons. The largest absolute Gasteiger partial charge is 0.368 e. The van der Waals surface area contributed by atoms with Crippen molar-refractivity contribution in [1.29, 1.82) is 0 Å². The lowest BCUT2D eigenvalue weighted by Gasteiger charge is -2.29. The van der Waals surface area contributed by atoms with Crippen LogP contribution in [0.4, 0.5) is 5.69 Å². The van der Waals surface area contributed by atoms with Gasteiger partial charge in [-0.15, -0.1) is 0 Å². The van der Waals surface area contributed by atoms with E-state index in [0.29, 0.717) is 18.7 Å². The third-order valence-corrected chi connectivity index (χ3v) is 5.10. The maximum atomic E-state index is 12.7. The maximum Gasteiger partial charge on any atom is 0.256 e. The number of carbonyl (C=O) groups is 1. The maximum absolute atomic E-state index is 12.7. The van der Waals surface area contributed by atoms with Gasteiger partial charge in [-0.05, 0) is 31.1 Å². The summed E-state index contributed by atoms with van der Waals surface area (Å²) < 4.78 is 28.8. The summed E-state index contributed by atoms with van der Waals surface area (Å²) in [5.74, 6) is -0.231. The summed E-state index contributed by atoms with van der Waals surface area (Å²) in [5, 5.41) is 1.19. The molecule has 1 saturated heterocycles. The van der Waals surface area contributed by atoms with E-state index in [-0.39, 0.29) is 11.7 Å². The molecule has 1 amide bonds. The number of sulfone groups is 1. The molecule has 1 fully saturated rings. The van der Waals surface area contributed by atoms with Crippen molar-refractivity contribution in [2.24, 2.45) is 0 Å². The molecular weight excluding hydrogens is 290 g/mol. The molecule has 5 nitrogen and oxygen atoms in total. The summed E-state index contributed by atoms with van der Waals surface area (Å²) in [6.07, 6.45) is 2.65. The first-order valence-corrected chi connectivity index (χ1v) is 8.69. The van der Waals surface area contributed by atoms with E-state index in [1.807, 2.05) is 30.3 Å². The molecule has 6 heteroatoms. The van der Waals surface area contributed by atoms with Gasteiger partial charge >= 0.3 is 0 Å². The quantitative estimate of drug-likeness (QED) is 0.849. The van der Waals surface area contributed by atoms with Crippen LogP contribution in [0.2, 0.25) is 0 Å². The van der Waals surface area contributed by atoms with Crippen LogP contribution >= 0.6 is 0 Å². The Hall–Kier alpha value is -1.66. The van der Waals surface area contributed by atoms with Crippen molar-refractivity contribution < 1.29 is 17.9 Å². The lowest BCUT2D eigenvalue weighted by molar-refractivity contribution is -0.127. The zero-order valence-electron chi connectivity index (χ0n) is 11.5. The van der Waals surface area contributed by atoms with Crippen LogP contribution in [0.15, 0.2) is 41.8 Å². The number of amides is 1. The number of nitrogens with zero attached hydrogens (tertiary/aromatic N) is 1. The van der Waals surface area contributed by atoms with Gasteiger partial charge < -0.3 is 9.64 Å². The van der Waals surface area contributed by atoms with Crippen molar-refractivity contribution >= 4 is 21.4 Å². The number of para-hydroxylation sites is 1. The van der Waals surface area contributed by atoms with Crippen LogP contribution in [-0.4, -0.2) is 38.8 Å². The van der Waals surface area contributed by atoms with Gasteiger partial charge in [0.1, 0.15) is 6.10 Å². The number of benzene rings is 1. The minimum Gasteiger partial charge on any atom is -0.368 e. The average molecular weight is 307 g/mol. The van der Waals surface area contributed by atoms with E-state index in [4.69, 9.17) is 4.74 Å². The molecule has 0 bridgehead atoms. The first kappa shape index (κ1) is 14.3. The molecule has 0 saturated carbocycles. The molecule has 0 N–H and O–H groups in total. The summed E-state index contributed by atoms with van der Waals surface area (Å²) in [4.78, 5) is 14.3. The fraction of sp³-hybridized carbons (Fsp3) is 0.400. The van der Waals surface area contributed by atoms with Gasteiger partial charge in [-0.2, -0.15) is 0 Å². The van der Waals surface area contributed by atoms with E-state index in [9.17, 15) is 13.2 Å². The Labute approximate surface area is 124 Å². The molecular formula is C15H17NO4S. The van der Waals surface area contributed by atoms with Crippen LogP contribution < -0.4 is 4.90 Å². The van der Waals surface area contributed by atoms with Gasteiger partial charge in [-0.1, -0.05) is 18.2 Å². The minimum atomic E-state index is -3.22. The lowest BCUT2D eigenvalue weighted by Crippen LogP contribution is -2.46. The Bertz CT molecular complexity index is 648. The molecule has 2 heterocycles. The smallest absolute Gasteiger partial charge is 0.256 e. The minimum absolute atomic E-state index is 0.0691. The third-order valence-electron chi connectivity index (χ3n) is 3.72. The Morgan fingerprint density at radius 2 is 2.00 bits per heavy atom. The van der Waals surface area contributed by atoms with E-state index in [1.54, 1.807) is 11.0 Å². The first-order valence-electron chi connectivity index (χ1n) is 6.97. The number of anilines is 1. The summed E-state index contributed by atoms with van der Waals surface area (Å²) in [7, 11) is -3.22. The van der Waals surface area contributed by atoms with Gasteiger partial charge in [-0.25, -0.2) is 8.42 Å². The van der Waals surface area contributed by atoms with Crippen LogP contribution in [0.1, 0.15) is 12.8 Å². The highest BCUT2D eigenvalue weighted by Gasteiger charge is 2.36. The Morgan fingerprint density at radius 1 is 1.24 bits per heavy atom. The van der Waals surface area contributed by atoms with E-state index in [1.165, 1.54) is 5.41 Å². The zero-order valence-corrected chi connectivity index (χ0v) is 12.3. The monoisotopic (exact) mass is 307 g/mol. The van der Waals surface area contributed by atoms with Gasteiger partial charge in [0.15, 0.2) is 9.84 Å². The van der Waals surface area contributed by atoms with Gasteiger partial charge in [0, 0.05) is 17.7 Å². The SMILES string of the molecule is O=C([C@@H]1CCCO1)N(c1ccccc1)[C@H]1C=CS(=O)(=O)C1. The molecule has 2 aliphatic rings. The number of hydrogen-bond acceptors (Lipinski definition) is 4. The third kappa shape index (κ3) is 3.01. The number of carbonyl (C=O) groups excluding carboxylic acids is 1. The molecule has 0 radical (unpaired) electrons. The van der Waals surface area contributed by atoms with Crippen molar-refractivity contribution in [3.05, 3.63) is 41.8 Å². The highest BCUT2D eigenvalue weighted by molar-refractivity contribution is 7.94. The van der Waals surface area contributed by atoms with Crippen molar-refractivity contribution in [2.45, 2.75) is 25.0 Å². The molecule has 2 atom stereocenters. The van der Waals surface area contributed by atoms with Crippen molar-refractivity contribution in [3.8, 4) is 0 Å². The summed E-state index contributed by atoms with van der Waals surface area (Å²) in [5.41, 5.74) is 0.699. The second-order valence-corrected chi connectivity index (χ2v) is 7.20. The van der Waals surface area contributed by atoms with Gasteiger partial charge in [-0.3, -0.25) is 4.79 Å². The fourth-order valence-electron chi connectivity index (χ4n) is 2.72. The molecule has 1 aromatic carbocycles. The predicted octanol–water partition coefficient (Wildman–Crippen LogP) is 1.51. The second kappa shape index (κ2) is 5.61. The lowest BCUT2D eigenvalue weighted by atomic mass is 10.1. The fourth-order valence-corrected chi connectivity index (χ4v) is 3.99. The molecule has 0 unspecified atom stereocenters. The van der Waals surface area contributed by atoms with E-state index in [2.05, 4.69) is 0 Å². The highest BCUT2D eigenvalue weighted by atomic mass is 32.2. The molecule has 21 heavy (non-hydrogen) atoms. The molecule has 0 aromatic heterocycles. The van der Waals surface area contributed by atoms with Crippen LogP contribution in [0.5, 0.6) is 0 Å². The van der Waals surface area contributed by atoms with Crippen molar-refractivity contribution in [2.75, 3.05) is 17.3 Å². The summed E-state index contributed by atoms with van der Waals surface area (Å²) in [6.45, 7) is 0.581. The molecule has 2 aliphatic heterocycles. The van der Waals surface area contributed by atoms with E-state index in [0.717, 1.165) is 6.42 Å². The highest BCUT2D eigenvalue weighted by Crippen LogP contribution is 2.26. The molecule has 1 aromatic rings. The summed E-state index contributed by atoms with van der Waals surface area (Å²) in [6, 6.07) is 8.68. The van der Waals surface area contributed by atoms with E-state index >= 15 is 0 Å². The molecule has 0 spiro atoms. The van der Waals surface area contributed by atoms with Gasteiger partial charge in [0.2, 0.25) is 0 Å². The van der Waals surface area contributed by atoms with Crippen LogP contribution in [0.3, 0.4) is 0 Å². The number of hydrogen-bond donors (Lipinski definition) is 0. The second-order valence-electron chi connectivity index (χ2n) is 5.27. The Balaban J connectivity index is 1.92. The van der Waals surface area contributed by atoms with Gasteiger partial charge in [0.05, 0.1) is 11.8 Å². The first-order chi connectivity index (χ1) is 10.1. The standard InChI is InChI=1S/C15H17NO4S/c17-15(14-7-4-9-20-14)16(12-5-2-1-3-6-12)13-8-10-21(18,19)11-13/h1-3,5-6,8,10,13-14H,4,7,9,11H2/t13-,14-/m0/s1. The Morgan fingerprint density at radius 3 is 2.57 bits per heavy atom. The topological polar surface area (TPSA) is 63.7 Å². The predicted molar refractivity (Wildman–Crippen MR) is 79.6 cm³/mol. The van der Waals surface area contributed by atoms with Gasteiger partial charge in [0.25, 0.3) is 5.91 Å². The van der Waals surface area contributed by atoms with Crippen LogP contribution in [0, 0.1) is 0 Å². The number of ether oxygens (including phenoxy) is 1. The molecule has 0 aliphatic carbocycles. The van der Waals surface area contributed by atoms with Crippen LogP contribution in [0.25, 0.3) is 0 Å². The van der Waals surface area contributed by atoms with Crippen molar-refractivity contribution in [1.82, 2.24) is 0 Å². The van der Waals surface area contributed by atoms with Crippen LogP contribution in [-0.2, 0) is 19.4 Å². The normalized spacial score (nSPS) is 26.9. The van der Waals surface area contributed by atoms with E-state index < -0.39 is 22.0 Å². The summed E-state index contributed by atoms with van der Waals surface area (Å²) >= 11 is 0. The average Bonchev–Trinajstić information content (AvgIpc) is 3.10. The number of rotatable bonds is 3. The zero-order chi connectivity index (χ0) is 14.9.